The van der Waals surface area contributed by atoms with Crippen LogP contribution >= 0.6 is 0 Å². The Hall–Kier alpha value is -3.44. The van der Waals surface area contributed by atoms with E-state index in [9.17, 15) is 9.59 Å². The van der Waals surface area contributed by atoms with Crippen molar-refractivity contribution in [2.75, 3.05) is 19.6 Å². The van der Waals surface area contributed by atoms with Crippen LogP contribution in [0.1, 0.15) is 35.6 Å². The lowest BCUT2D eigenvalue weighted by Crippen LogP contribution is -2.44. The normalized spacial score (nSPS) is 16.1. The van der Waals surface area contributed by atoms with Crippen molar-refractivity contribution < 1.29 is 9.59 Å². The number of likely N-dealkylation sites (tertiary alicyclic amines) is 1. The third kappa shape index (κ3) is 4.69. The number of carbonyl (C=O) groups excluding carboxylic acids is 2. The summed E-state index contributed by atoms with van der Waals surface area (Å²) in [5.41, 5.74) is 5.80. The first kappa shape index (κ1) is 21.4. The van der Waals surface area contributed by atoms with E-state index in [1.165, 1.54) is 11.1 Å². The van der Waals surface area contributed by atoms with Crippen LogP contribution in [0.3, 0.4) is 0 Å². The maximum atomic E-state index is 12.9. The Balaban J connectivity index is 1.13. The van der Waals surface area contributed by atoms with Crippen LogP contribution < -0.4 is 10.6 Å². The predicted octanol–water partition coefficient (Wildman–Crippen LogP) is 3.90. The number of piperidine rings is 1. The number of carbonyl (C=O) groups is 2. The van der Waals surface area contributed by atoms with Crippen LogP contribution in [0.5, 0.6) is 0 Å². The summed E-state index contributed by atoms with van der Waals surface area (Å²) in [7, 11) is 0. The maximum absolute atomic E-state index is 12.9. The van der Waals surface area contributed by atoms with Gasteiger partial charge in [0.2, 0.25) is 11.8 Å². The molecule has 33 heavy (non-hydrogen) atoms. The third-order valence-electron chi connectivity index (χ3n) is 6.77. The molecule has 168 valence electrons. The molecule has 5 heteroatoms. The van der Waals surface area contributed by atoms with Crippen LogP contribution in [-0.4, -0.2) is 36.3 Å². The Kier molecular flexibility index (Phi) is 6.22. The zero-order valence-electron chi connectivity index (χ0n) is 18.7. The lowest BCUT2D eigenvalue weighted by molar-refractivity contribution is -0.127. The second kappa shape index (κ2) is 9.59. The van der Waals surface area contributed by atoms with Crippen molar-refractivity contribution in [3.8, 4) is 11.1 Å². The minimum atomic E-state index is -0.105. The summed E-state index contributed by atoms with van der Waals surface area (Å²) < 4.78 is 0. The highest BCUT2D eigenvalue weighted by molar-refractivity contribution is 5.84. The molecule has 0 radical (unpaired) electrons. The fourth-order valence-corrected chi connectivity index (χ4v) is 5.00. The van der Waals surface area contributed by atoms with Gasteiger partial charge in [-0.1, -0.05) is 78.9 Å². The van der Waals surface area contributed by atoms with Gasteiger partial charge < -0.3 is 10.6 Å². The van der Waals surface area contributed by atoms with E-state index in [-0.39, 0.29) is 23.8 Å². The van der Waals surface area contributed by atoms with Gasteiger partial charge in [-0.15, -0.1) is 0 Å². The molecule has 0 aromatic heterocycles. The first-order valence-corrected chi connectivity index (χ1v) is 11.7. The SMILES string of the molecule is O=C(CN1CCC(C(=O)NCc2ccccc2)CC1)NC1c2ccccc2-c2ccccc21. The second-order valence-corrected chi connectivity index (χ2v) is 8.93. The smallest absolute Gasteiger partial charge is 0.234 e. The Morgan fingerprint density at radius 2 is 1.36 bits per heavy atom. The largest absolute Gasteiger partial charge is 0.352 e. The molecule has 1 aliphatic heterocycles. The average molecular weight is 440 g/mol. The van der Waals surface area contributed by atoms with Crippen molar-refractivity contribution in [1.29, 1.82) is 0 Å². The molecular weight excluding hydrogens is 410 g/mol. The molecule has 1 saturated heterocycles. The summed E-state index contributed by atoms with van der Waals surface area (Å²) in [6.07, 6.45) is 1.56. The fourth-order valence-electron chi connectivity index (χ4n) is 5.00. The van der Waals surface area contributed by atoms with Gasteiger partial charge in [0.1, 0.15) is 0 Å². The van der Waals surface area contributed by atoms with Crippen molar-refractivity contribution in [3.05, 3.63) is 95.6 Å². The quantitative estimate of drug-likeness (QED) is 0.612. The molecule has 3 aromatic rings. The third-order valence-corrected chi connectivity index (χ3v) is 6.77. The fraction of sp³-hybridized carbons (Fsp3) is 0.286. The summed E-state index contributed by atoms with van der Waals surface area (Å²) in [5, 5.41) is 6.31. The van der Waals surface area contributed by atoms with E-state index in [0.717, 1.165) is 42.6 Å². The van der Waals surface area contributed by atoms with Gasteiger partial charge in [0.15, 0.2) is 0 Å². The van der Waals surface area contributed by atoms with Crippen LogP contribution in [-0.2, 0) is 16.1 Å². The first-order chi connectivity index (χ1) is 16.2. The minimum absolute atomic E-state index is 0.0154. The molecule has 2 N–H and O–H groups in total. The number of nitrogens with one attached hydrogen (secondary N) is 2. The number of fused-ring (bicyclic) bond motifs is 3. The molecule has 5 rings (SSSR count). The van der Waals surface area contributed by atoms with Crippen LogP contribution in [0, 0.1) is 5.92 Å². The van der Waals surface area contributed by atoms with E-state index in [2.05, 4.69) is 39.8 Å². The van der Waals surface area contributed by atoms with E-state index < -0.39 is 0 Å². The molecule has 0 bridgehead atoms. The number of hydrogen-bond acceptors (Lipinski definition) is 3. The standard InChI is InChI=1S/C28H29N3O2/c32-26(30-27-24-12-6-4-10-22(24)23-11-5-7-13-25(23)27)19-31-16-14-21(15-17-31)28(33)29-18-20-8-2-1-3-9-20/h1-13,21,27H,14-19H2,(H,29,33)(H,30,32). The molecule has 3 aromatic carbocycles. The van der Waals surface area contributed by atoms with E-state index in [4.69, 9.17) is 0 Å². The monoisotopic (exact) mass is 439 g/mol. The Labute approximate surface area is 194 Å². The molecule has 5 nitrogen and oxygen atoms in total. The number of nitrogens with zero attached hydrogens (tertiary/aromatic N) is 1. The summed E-state index contributed by atoms with van der Waals surface area (Å²) in [6, 6.07) is 26.4. The van der Waals surface area contributed by atoms with E-state index >= 15 is 0 Å². The molecular formula is C28H29N3O2. The highest BCUT2D eigenvalue weighted by Crippen LogP contribution is 2.42. The summed E-state index contributed by atoms with van der Waals surface area (Å²) in [6.45, 7) is 2.44. The van der Waals surface area contributed by atoms with Crippen LogP contribution in [0.25, 0.3) is 11.1 Å². The van der Waals surface area contributed by atoms with Gasteiger partial charge in [0.05, 0.1) is 12.6 Å². The van der Waals surface area contributed by atoms with Gasteiger partial charge in [0.25, 0.3) is 0 Å². The summed E-state index contributed by atoms with van der Waals surface area (Å²) in [5.74, 6) is 0.155. The number of hydrogen-bond donors (Lipinski definition) is 2. The average Bonchev–Trinajstić information content (AvgIpc) is 3.17. The van der Waals surface area contributed by atoms with Gasteiger partial charge in [-0.05, 0) is 53.7 Å². The number of rotatable bonds is 6. The molecule has 2 aliphatic rings. The van der Waals surface area contributed by atoms with Gasteiger partial charge >= 0.3 is 0 Å². The summed E-state index contributed by atoms with van der Waals surface area (Å²) in [4.78, 5) is 27.6. The first-order valence-electron chi connectivity index (χ1n) is 11.7. The highest BCUT2D eigenvalue weighted by atomic mass is 16.2. The predicted molar refractivity (Wildman–Crippen MR) is 129 cm³/mol. The van der Waals surface area contributed by atoms with Gasteiger partial charge in [-0.25, -0.2) is 0 Å². The molecule has 0 atom stereocenters. The molecule has 2 amide bonds. The van der Waals surface area contributed by atoms with E-state index in [0.29, 0.717) is 13.1 Å². The zero-order chi connectivity index (χ0) is 22.6. The Morgan fingerprint density at radius 3 is 2.00 bits per heavy atom. The minimum Gasteiger partial charge on any atom is -0.352 e. The van der Waals surface area contributed by atoms with Crippen LogP contribution in [0.15, 0.2) is 78.9 Å². The van der Waals surface area contributed by atoms with Gasteiger partial charge in [-0.2, -0.15) is 0 Å². The van der Waals surface area contributed by atoms with Gasteiger partial charge in [-0.3, -0.25) is 14.5 Å². The van der Waals surface area contributed by atoms with Gasteiger partial charge in [0, 0.05) is 12.5 Å². The topological polar surface area (TPSA) is 61.4 Å². The Bertz CT molecular complexity index is 1090. The van der Waals surface area contributed by atoms with Crippen molar-refractivity contribution in [2.24, 2.45) is 5.92 Å². The number of amides is 2. The lowest BCUT2D eigenvalue weighted by atomic mass is 9.95. The molecule has 1 heterocycles. The molecule has 0 spiro atoms. The molecule has 1 fully saturated rings. The van der Waals surface area contributed by atoms with Crippen LogP contribution in [0.2, 0.25) is 0 Å². The van der Waals surface area contributed by atoms with E-state index in [1.54, 1.807) is 0 Å². The van der Waals surface area contributed by atoms with Crippen molar-refractivity contribution in [1.82, 2.24) is 15.5 Å². The zero-order valence-corrected chi connectivity index (χ0v) is 18.7. The van der Waals surface area contributed by atoms with E-state index in [1.807, 2.05) is 54.6 Å². The number of benzene rings is 3. The second-order valence-electron chi connectivity index (χ2n) is 8.93. The molecule has 0 unspecified atom stereocenters. The Morgan fingerprint density at radius 1 is 0.788 bits per heavy atom. The molecule has 0 saturated carbocycles. The summed E-state index contributed by atoms with van der Waals surface area (Å²) >= 11 is 0. The van der Waals surface area contributed by atoms with Crippen molar-refractivity contribution >= 4 is 11.8 Å². The van der Waals surface area contributed by atoms with Crippen molar-refractivity contribution in [2.45, 2.75) is 25.4 Å². The molecule has 1 aliphatic carbocycles. The van der Waals surface area contributed by atoms with Crippen molar-refractivity contribution in [3.63, 3.8) is 0 Å². The maximum Gasteiger partial charge on any atom is 0.234 e. The lowest BCUT2D eigenvalue weighted by Gasteiger charge is -2.31. The van der Waals surface area contributed by atoms with Crippen LogP contribution in [0.4, 0.5) is 0 Å². The highest BCUT2D eigenvalue weighted by Gasteiger charge is 2.30.